The molecule has 4 aliphatic rings. The van der Waals surface area contributed by atoms with Crippen molar-refractivity contribution in [1.29, 1.82) is 0 Å². The predicted molar refractivity (Wildman–Crippen MR) is 207 cm³/mol. The summed E-state index contributed by atoms with van der Waals surface area (Å²) in [6.07, 6.45) is 4.16. The minimum Gasteiger partial charge on any atom is -0.471 e. The van der Waals surface area contributed by atoms with E-state index >= 15 is 0 Å². The number of thiophene rings is 1. The highest BCUT2D eigenvalue weighted by Crippen LogP contribution is 2.46. The Bertz CT molecular complexity index is 2130. The summed E-state index contributed by atoms with van der Waals surface area (Å²) >= 11 is 7.59. The van der Waals surface area contributed by atoms with Crippen LogP contribution in [0, 0.1) is 11.3 Å². The molecule has 4 fully saturated rings. The summed E-state index contributed by atoms with van der Waals surface area (Å²) < 4.78 is 40.4. The number of amides is 4. The van der Waals surface area contributed by atoms with Crippen molar-refractivity contribution < 1.29 is 37.1 Å². The van der Waals surface area contributed by atoms with Gasteiger partial charge in [-0.05, 0) is 74.6 Å². The zero-order chi connectivity index (χ0) is 39.3. The number of hydrogen-bond acceptors (Lipinski definition) is 11. The van der Waals surface area contributed by atoms with Gasteiger partial charge in [0.05, 0.1) is 32.0 Å². The molecular formula is C38H45ClN6O8S2. The third kappa shape index (κ3) is 8.31. The number of sulfonamides is 1. The Morgan fingerprint density at radius 1 is 1.04 bits per heavy atom. The topological polar surface area (TPSA) is 186 Å². The van der Waals surface area contributed by atoms with Gasteiger partial charge in [0.2, 0.25) is 27.7 Å². The van der Waals surface area contributed by atoms with Crippen LogP contribution in [0.2, 0.25) is 4.34 Å². The van der Waals surface area contributed by atoms with Crippen LogP contribution in [0.3, 0.4) is 0 Å². The number of hydrogen-bond donors (Lipinski definition) is 3. The third-order valence-electron chi connectivity index (χ3n) is 10.7. The number of rotatable bonds is 12. The maximum Gasteiger partial charge on any atom is 0.408 e. The highest BCUT2D eigenvalue weighted by molar-refractivity contribution is 7.91. The van der Waals surface area contributed by atoms with E-state index in [1.54, 1.807) is 32.9 Å². The van der Waals surface area contributed by atoms with E-state index in [1.165, 1.54) is 22.3 Å². The van der Waals surface area contributed by atoms with Crippen LogP contribution in [0.1, 0.15) is 72.1 Å². The molecule has 7 rings (SSSR count). The number of alkyl carbamates (subject to hydrolysis) is 1. The number of nitrogens with one attached hydrogen (secondary N) is 3. The lowest BCUT2D eigenvalue weighted by molar-refractivity contribution is -0.143. The predicted octanol–water partition coefficient (Wildman–Crippen LogP) is 5.11. The average Bonchev–Trinajstić information content (AvgIpc) is 3.94. The average molecular weight is 813 g/mol. The molecule has 1 aromatic carbocycles. The Labute approximate surface area is 328 Å². The summed E-state index contributed by atoms with van der Waals surface area (Å²) in [6.45, 7) is 9.10. The maximum atomic E-state index is 14.7. The van der Waals surface area contributed by atoms with Crippen molar-refractivity contribution in [1.82, 2.24) is 30.2 Å². The van der Waals surface area contributed by atoms with Crippen molar-refractivity contribution in [3.05, 3.63) is 53.4 Å². The van der Waals surface area contributed by atoms with Gasteiger partial charge in [-0.15, -0.1) is 17.9 Å². The molecule has 0 radical (unpaired) electrons. The fourth-order valence-electron chi connectivity index (χ4n) is 7.34. The number of ether oxygens (including phenoxy) is 2. The van der Waals surface area contributed by atoms with Gasteiger partial charge in [-0.2, -0.15) is 0 Å². The Morgan fingerprint density at radius 2 is 1.73 bits per heavy atom. The highest BCUT2D eigenvalue weighted by Gasteiger charge is 2.62. The van der Waals surface area contributed by atoms with Crippen molar-refractivity contribution in [2.75, 3.05) is 6.54 Å². The van der Waals surface area contributed by atoms with Gasteiger partial charge in [0.1, 0.15) is 35.5 Å². The van der Waals surface area contributed by atoms with E-state index in [4.69, 9.17) is 31.0 Å². The first kappa shape index (κ1) is 39.0. The molecule has 1 unspecified atom stereocenters. The number of carbonyl (C=O) groups is 4. The number of halogens is 1. The van der Waals surface area contributed by atoms with Gasteiger partial charge in [-0.3, -0.25) is 19.1 Å². The van der Waals surface area contributed by atoms with Crippen molar-refractivity contribution >= 4 is 67.8 Å². The highest BCUT2D eigenvalue weighted by atomic mass is 35.5. The molecule has 4 amide bonds. The first-order valence-electron chi connectivity index (χ1n) is 18.6. The lowest BCUT2D eigenvalue weighted by atomic mass is 9.85. The Kier molecular flexibility index (Phi) is 10.6. The number of nitrogens with zero attached hydrogens (tertiary/aromatic N) is 3. The molecule has 3 aromatic rings. The van der Waals surface area contributed by atoms with E-state index in [-0.39, 0.29) is 31.4 Å². The summed E-state index contributed by atoms with van der Waals surface area (Å²) in [5, 5.41) is 4.92. The summed E-state index contributed by atoms with van der Waals surface area (Å²) in [6, 6.07) is 8.56. The van der Waals surface area contributed by atoms with Crippen LogP contribution in [0.5, 0.6) is 5.88 Å². The molecule has 5 atom stereocenters. The van der Waals surface area contributed by atoms with Gasteiger partial charge in [0.25, 0.3) is 5.91 Å². The first-order valence-corrected chi connectivity index (χ1v) is 21.3. The molecule has 2 aromatic heterocycles. The zero-order valence-corrected chi connectivity index (χ0v) is 33.3. The van der Waals surface area contributed by atoms with Crippen LogP contribution < -0.4 is 20.1 Å². The van der Waals surface area contributed by atoms with Crippen LogP contribution in [-0.2, 0) is 29.1 Å². The lowest BCUT2D eigenvalue weighted by Crippen LogP contribution is -2.60. The minimum absolute atomic E-state index is 0.0169. The van der Waals surface area contributed by atoms with Crippen LogP contribution in [-0.4, -0.2) is 88.7 Å². The second-order valence-corrected chi connectivity index (χ2v) is 19.6. The molecule has 1 saturated heterocycles. The number of carbonyl (C=O) groups excluding carboxylic acids is 4. The van der Waals surface area contributed by atoms with Crippen molar-refractivity contribution in [3.8, 4) is 16.5 Å². The monoisotopic (exact) mass is 812 g/mol. The number of aromatic nitrogens is 2. The fourth-order valence-corrected chi connectivity index (χ4v) is 9.73. The van der Waals surface area contributed by atoms with Gasteiger partial charge < -0.3 is 25.0 Å². The molecule has 3 saturated carbocycles. The largest absolute Gasteiger partial charge is 0.471 e. The van der Waals surface area contributed by atoms with Gasteiger partial charge >= 0.3 is 6.09 Å². The van der Waals surface area contributed by atoms with E-state index in [1.807, 2.05) is 24.3 Å². The first-order chi connectivity index (χ1) is 26.1. The normalized spacial score (nSPS) is 24.6. The second kappa shape index (κ2) is 15.0. The molecule has 294 valence electrons. The quantitative estimate of drug-likeness (QED) is 0.208. The Hall–Kier alpha value is -4.28. The number of benzene rings is 1. The molecule has 0 bridgehead atoms. The lowest BCUT2D eigenvalue weighted by Gasteiger charge is -2.35. The van der Waals surface area contributed by atoms with Gasteiger partial charge in [-0.25, -0.2) is 23.2 Å². The number of likely N-dealkylation sites (tertiary alicyclic amines) is 1. The molecule has 1 aliphatic heterocycles. The molecule has 14 nitrogen and oxygen atoms in total. The third-order valence-corrected chi connectivity index (χ3v) is 13.7. The molecule has 55 heavy (non-hydrogen) atoms. The molecule has 0 spiro atoms. The molecule has 3 aliphatic carbocycles. The Balaban J connectivity index is 1.19. The van der Waals surface area contributed by atoms with Crippen molar-refractivity contribution in [2.24, 2.45) is 11.3 Å². The number of para-hydroxylation sites is 2. The Morgan fingerprint density at radius 3 is 2.33 bits per heavy atom. The molecule has 17 heteroatoms. The fraction of sp³-hybridized carbons (Fsp3) is 0.526. The molecule has 3 N–H and O–H groups in total. The molecule has 3 heterocycles. The van der Waals surface area contributed by atoms with Crippen LogP contribution >= 0.6 is 22.9 Å². The van der Waals surface area contributed by atoms with Gasteiger partial charge in [-0.1, -0.05) is 50.6 Å². The van der Waals surface area contributed by atoms with E-state index in [2.05, 4.69) is 21.9 Å². The smallest absolute Gasteiger partial charge is 0.408 e. The maximum absolute atomic E-state index is 14.7. The standard InChI is InChI=1S/C38H45ClN6O8S2/c1-5-21-19-38(21,35(48)44-55(50,51)24-14-15-24)43-32(46)27-18-23(20-45(27)34(47)31(37(2,3)4)42-36(49)53-22-10-6-7-11-22)52-33-30(28-16-17-29(39)54-28)40-25-12-8-9-13-26(25)41-33/h5,8-9,12-13,16-17,21-24,27,31H,1,6-7,10-11,14-15,18-20H2,2-4H3,(H,42,49)(H,43,46)(H,44,48)/t21-,23-,27+,31-,38?/m1/s1. The van der Waals surface area contributed by atoms with Crippen LogP contribution in [0.25, 0.3) is 21.6 Å². The number of fused-ring (bicyclic) bond motifs is 1. The van der Waals surface area contributed by atoms with Crippen LogP contribution in [0.15, 0.2) is 49.1 Å². The van der Waals surface area contributed by atoms with E-state index in [0.717, 1.165) is 25.7 Å². The summed E-state index contributed by atoms with van der Waals surface area (Å²) in [7, 11) is -3.91. The second-order valence-electron chi connectivity index (χ2n) is 15.9. The summed E-state index contributed by atoms with van der Waals surface area (Å²) in [4.78, 5) is 67.4. The van der Waals surface area contributed by atoms with Crippen molar-refractivity contribution in [2.45, 2.75) is 107 Å². The van der Waals surface area contributed by atoms with Gasteiger partial charge in [0.15, 0.2) is 0 Å². The van der Waals surface area contributed by atoms with E-state index < -0.39 is 74.1 Å². The zero-order valence-electron chi connectivity index (χ0n) is 30.9. The van der Waals surface area contributed by atoms with E-state index in [9.17, 15) is 27.6 Å². The minimum atomic E-state index is -3.91. The van der Waals surface area contributed by atoms with Gasteiger partial charge in [0, 0.05) is 12.3 Å². The summed E-state index contributed by atoms with van der Waals surface area (Å²) in [5.41, 5.74) is -0.753. The summed E-state index contributed by atoms with van der Waals surface area (Å²) in [5.74, 6) is -2.44. The molecular weight excluding hydrogens is 768 g/mol. The van der Waals surface area contributed by atoms with Crippen molar-refractivity contribution in [3.63, 3.8) is 0 Å². The SMILES string of the molecule is C=C[C@@H]1CC1(NC(=O)[C@@H]1C[C@@H](Oc2nc3ccccc3nc2-c2ccc(Cl)s2)CN1C(=O)[C@@H](NC(=O)OC1CCCC1)C(C)(C)C)C(=O)NS(=O)(=O)C1CC1. The van der Waals surface area contributed by atoms with E-state index in [0.29, 0.717) is 38.8 Å². The van der Waals surface area contributed by atoms with Crippen LogP contribution in [0.4, 0.5) is 4.79 Å².